The lowest BCUT2D eigenvalue weighted by Crippen LogP contribution is -2.33. The van der Waals surface area contributed by atoms with E-state index in [4.69, 9.17) is 4.74 Å². The van der Waals surface area contributed by atoms with Crippen molar-refractivity contribution in [1.29, 1.82) is 0 Å². The van der Waals surface area contributed by atoms with E-state index < -0.39 is 23.1 Å². The molecule has 2 aromatic rings. The van der Waals surface area contributed by atoms with E-state index in [-0.39, 0.29) is 11.4 Å². The normalized spacial score (nSPS) is 18.9. The first-order valence-corrected chi connectivity index (χ1v) is 11.4. The third-order valence-electron chi connectivity index (χ3n) is 5.55. The topological polar surface area (TPSA) is 79.2 Å². The predicted octanol–water partition coefficient (Wildman–Crippen LogP) is 4.70. The Bertz CT molecular complexity index is 1130. The number of ketones is 1. The number of aliphatic hydroxyl groups is 1. The van der Waals surface area contributed by atoms with E-state index in [0.717, 1.165) is 22.9 Å². The van der Waals surface area contributed by atoms with Crippen molar-refractivity contribution >= 4 is 34.2 Å². The highest BCUT2D eigenvalue weighted by molar-refractivity contribution is 8.14. The van der Waals surface area contributed by atoms with E-state index in [2.05, 4.69) is 4.99 Å². The van der Waals surface area contributed by atoms with E-state index >= 15 is 0 Å². The first kappa shape index (κ1) is 22.1. The molecule has 0 fully saturated rings. The molecule has 6 nitrogen and oxygen atoms in total. The van der Waals surface area contributed by atoms with Crippen molar-refractivity contribution in [3.05, 3.63) is 71.0 Å². The number of carbonyl (C=O) groups is 2. The molecular formula is C25H26N2O4S. The molecule has 32 heavy (non-hydrogen) atoms. The van der Waals surface area contributed by atoms with Gasteiger partial charge >= 0.3 is 0 Å². The van der Waals surface area contributed by atoms with Crippen LogP contribution in [0.15, 0.2) is 64.9 Å². The first-order valence-electron chi connectivity index (χ1n) is 10.5. The van der Waals surface area contributed by atoms with Gasteiger partial charge in [0, 0.05) is 34.5 Å². The fourth-order valence-corrected chi connectivity index (χ4v) is 4.83. The summed E-state index contributed by atoms with van der Waals surface area (Å²) in [4.78, 5) is 32.6. The molecule has 2 aliphatic rings. The SMILES string of the molecule is COc1ccccc1C1C(C(=O)C(C)(C)C)=C(O)C(=O)N1c1ccc(C2=NCCS2)cc1. The molecule has 0 aromatic heterocycles. The Balaban J connectivity index is 1.84. The van der Waals surface area contributed by atoms with Crippen LogP contribution in [0, 0.1) is 5.41 Å². The third-order valence-corrected chi connectivity index (χ3v) is 6.57. The lowest BCUT2D eigenvalue weighted by molar-refractivity contribution is -0.123. The standard InChI is InChI=1S/C25H26N2O4S/c1-25(2,3)22(29)19-20(17-7-5-6-8-18(17)31-4)27(24(30)21(19)28)16-11-9-15(10-12-16)23-26-13-14-32-23/h5-12,20,28H,13-14H2,1-4H3. The van der Waals surface area contributed by atoms with Crippen LogP contribution in [0.2, 0.25) is 0 Å². The maximum atomic E-state index is 13.4. The summed E-state index contributed by atoms with van der Waals surface area (Å²) in [6, 6.07) is 13.9. The van der Waals surface area contributed by atoms with Crippen molar-refractivity contribution in [3.8, 4) is 5.75 Å². The maximum absolute atomic E-state index is 13.4. The van der Waals surface area contributed by atoms with Gasteiger partial charge in [0.2, 0.25) is 0 Å². The number of nitrogens with zero attached hydrogens (tertiary/aromatic N) is 2. The second-order valence-electron chi connectivity index (χ2n) is 8.74. The van der Waals surface area contributed by atoms with Crippen LogP contribution in [0.5, 0.6) is 5.75 Å². The molecule has 2 aromatic carbocycles. The Hall–Kier alpha value is -3.06. The molecule has 1 atom stereocenters. The smallest absolute Gasteiger partial charge is 0.294 e. The molecule has 2 aliphatic heterocycles. The lowest BCUT2D eigenvalue weighted by Gasteiger charge is -2.30. The predicted molar refractivity (Wildman–Crippen MR) is 128 cm³/mol. The molecule has 1 amide bonds. The number of hydrogen-bond acceptors (Lipinski definition) is 6. The van der Waals surface area contributed by atoms with E-state index in [1.165, 1.54) is 4.90 Å². The highest BCUT2D eigenvalue weighted by Crippen LogP contribution is 2.45. The number of ether oxygens (including phenoxy) is 1. The zero-order valence-corrected chi connectivity index (χ0v) is 19.4. The van der Waals surface area contributed by atoms with Gasteiger partial charge in [0.15, 0.2) is 11.5 Å². The molecule has 0 saturated carbocycles. The number of amides is 1. The summed E-state index contributed by atoms with van der Waals surface area (Å²) in [6.07, 6.45) is 0. The minimum absolute atomic E-state index is 0.0896. The number of aliphatic imine (C=N–C) groups is 1. The monoisotopic (exact) mass is 450 g/mol. The zero-order valence-electron chi connectivity index (χ0n) is 18.6. The molecule has 0 radical (unpaired) electrons. The summed E-state index contributed by atoms with van der Waals surface area (Å²) in [5.41, 5.74) is 1.52. The molecule has 166 valence electrons. The number of carbonyl (C=O) groups excluding carboxylic acids is 2. The first-order chi connectivity index (χ1) is 15.2. The van der Waals surface area contributed by atoms with Gasteiger partial charge < -0.3 is 9.84 Å². The van der Waals surface area contributed by atoms with Gasteiger partial charge in [-0.25, -0.2) is 0 Å². The fraction of sp³-hybridized carbons (Fsp3) is 0.320. The van der Waals surface area contributed by atoms with E-state index in [0.29, 0.717) is 17.0 Å². The molecule has 2 heterocycles. The second kappa shape index (κ2) is 8.47. The van der Waals surface area contributed by atoms with E-state index in [1.807, 2.05) is 42.5 Å². The number of aliphatic hydroxyl groups excluding tert-OH is 1. The van der Waals surface area contributed by atoms with Gasteiger partial charge in [-0.2, -0.15) is 0 Å². The number of para-hydroxylation sites is 1. The highest BCUT2D eigenvalue weighted by atomic mass is 32.2. The fourth-order valence-electron chi connectivity index (χ4n) is 3.97. The third kappa shape index (κ3) is 3.81. The maximum Gasteiger partial charge on any atom is 0.294 e. The van der Waals surface area contributed by atoms with Crippen molar-refractivity contribution in [1.82, 2.24) is 0 Å². The van der Waals surface area contributed by atoms with Crippen LogP contribution < -0.4 is 9.64 Å². The van der Waals surface area contributed by atoms with Gasteiger partial charge in [-0.3, -0.25) is 19.5 Å². The van der Waals surface area contributed by atoms with Gasteiger partial charge in [-0.05, 0) is 18.2 Å². The van der Waals surface area contributed by atoms with Gasteiger partial charge in [-0.1, -0.05) is 51.1 Å². The number of hydrogen-bond donors (Lipinski definition) is 1. The Kier molecular flexibility index (Phi) is 5.86. The minimum Gasteiger partial charge on any atom is -0.503 e. The molecule has 0 bridgehead atoms. The average molecular weight is 451 g/mol. The Morgan fingerprint density at radius 1 is 1.16 bits per heavy atom. The van der Waals surface area contributed by atoms with Crippen molar-refractivity contribution in [2.24, 2.45) is 10.4 Å². The van der Waals surface area contributed by atoms with Gasteiger partial charge in [0.25, 0.3) is 5.91 Å². The Morgan fingerprint density at radius 2 is 1.84 bits per heavy atom. The molecule has 1 N–H and O–H groups in total. The number of rotatable bonds is 5. The van der Waals surface area contributed by atoms with Gasteiger partial charge in [-0.15, -0.1) is 11.8 Å². The lowest BCUT2D eigenvalue weighted by atomic mass is 9.82. The minimum atomic E-state index is -0.797. The van der Waals surface area contributed by atoms with Crippen molar-refractivity contribution in [2.75, 3.05) is 24.3 Å². The van der Waals surface area contributed by atoms with E-state index in [1.54, 1.807) is 45.7 Å². The number of methoxy groups -OCH3 is 1. The highest BCUT2D eigenvalue weighted by Gasteiger charge is 2.47. The largest absolute Gasteiger partial charge is 0.503 e. The molecular weight excluding hydrogens is 424 g/mol. The summed E-state index contributed by atoms with van der Waals surface area (Å²) in [5.74, 6) is 0.107. The van der Waals surface area contributed by atoms with Gasteiger partial charge in [0.05, 0.1) is 23.8 Å². The molecule has 0 saturated heterocycles. The average Bonchev–Trinajstić information content (AvgIpc) is 3.40. The van der Waals surface area contributed by atoms with Crippen molar-refractivity contribution in [3.63, 3.8) is 0 Å². The summed E-state index contributed by atoms with van der Waals surface area (Å²) < 4.78 is 5.54. The zero-order chi connectivity index (χ0) is 23.0. The van der Waals surface area contributed by atoms with Crippen LogP contribution in [-0.4, -0.2) is 41.2 Å². The number of anilines is 1. The summed E-state index contributed by atoms with van der Waals surface area (Å²) in [5, 5.41) is 11.8. The Labute approximate surface area is 192 Å². The molecule has 1 unspecified atom stereocenters. The summed E-state index contributed by atoms with van der Waals surface area (Å²) >= 11 is 1.70. The van der Waals surface area contributed by atoms with Crippen LogP contribution >= 0.6 is 11.8 Å². The van der Waals surface area contributed by atoms with Crippen molar-refractivity contribution in [2.45, 2.75) is 26.8 Å². The number of thioether (sulfide) groups is 1. The molecule has 0 aliphatic carbocycles. The van der Waals surface area contributed by atoms with Crippen LogP contribution in [0.1, 0.15) is 37.9 Å². The Morgan fingerprint density at radius 3 is 2.44 bits per heavy atom. The quantitative estimate of drug-likeness (QED) is 0.714. The van der Waals surface area contributed by atoms with Crippen LogP contribution in [0.25, 0.3) is 0 Å². The molecule has 7 heteroatoms. The van der Waals surface area contributed by atoms with Crippen LogP contribution in [0.4, 0.5) is 5.69 Å². The van der Waals surface area contributed by atoms with Crippen LogP contribution in [0.3, 0.4) is 0 Å². The molecule has 0 spiro atoms. The van der Waals surface area contributed by atoms with E-state index in [9.17, 15) is 14.7 Å². The number of Topliss-reactive ketones (excluding diaryl/α,β-unsaturated/α-hetero) is 1. The second-order valence-corrected chi connectivity index (χ2v) is 9.83. The summed E-state index contributed by atoms with van der Waals surface area (Å²) in [7, 11) is 1.55. The summed E-state index contributed by atoms with van der Waals surface area (Å²) in [6.45, 7) is 6.13. The van der Waals surface area contributed by atoms with Gasteiger partial charge in [0.1, 0.15) is 5.75 Å². The van der Waals surface area contributed by atoms with Crippen molar-refractivity contribution < 1.29 is 19.4 Å². The molecule has 4 rings (SSSR count). The number of benzene rings is 2. The van der Waals surface area contributed by atoms with Crippen LogP contribution in [-0.2, 0) is 9.59 Å².